The molecule has 2 aromatic carbocycles. The molecule has 0 atom stereocenters. The van der Waals surface area contributed by atoms with Crippen molar-refractivity contribution in [2.24, 2.45) is 0 Å². The van der Waals surface area contributed by atoms with Crippen LogP contribution in [-0.2, 0) is 29.0 Å². The number of anilines is 1. The molecule has 0 saturated carbocycles. The molecular formula is C24H27F4NO3. The Kier molecular flexibility index (Phi) is 7.99. The Balaban J connectivity index is 1.61. The molecular weight excluding hydrogens is 426 g/mol. The van der Waals surface area contributed by atoms with Crippen LogP contribution in [0.5, 0.6) is 5.75 Å². The number of rotatable bonds is 9. The summed E-state index contributed by atoms with van der Waals surface area (Å²) in [4.78, 5) is 13.2. The van der Waals surface area contributed by atoms with E-state index in [2.05, 4.69) is 0 Å². The normalized spacial score (nSPS) is 13.6. The largest absolute Gasteiger partial charge is 0.489 e. The van der Waals surface area contributed by atoms with E-state index in [0.29, 0.717) is 17.9 Å². The van der Waals surface area contributed by atoms with Crippen molar-refractivity contribution in [2.75, 3.05) is 24.6 Å². The zero-order chi connectivity index (χ0) is 23.1. The maximum absolute atomic E-state index is 14.3. The van der Waals surface area contributed by atoms with E-state index in [0.717, 1.165) is 29.7 Å². The maximum atomic E-state index is 14.3. The molecule has 0 saturated heterocycles. The van der Waals surface area contributed by atoms with Crippen LogP contribution in [0.1, 0.15) is 42.9 Å². The molecule has 1 aliphatic heterocycles. The van der Waals surface area contributed by atoms with E-state index in [1.165, 1.54) is 6.07 Å². The van der Waals surface area contributed by atoms with Crippen LogP contribution in [-0.4, -0.2) is 31.8 Å². The Bertz CT molecular complexity index is 930. The Morgan fingerprint density at radius 3 is 2.69 bits per heavy atom. The third kappa shape index (κ3) is 6.87. The number of alkyl halides is 3. The molecule has 32 heavy (non-hydrogen) atoms. The molecule has 0 bridgehead atoms. The van der Waals surface area contributed by atoms with Crippen LogP contribution in [0.2, 0.25) is 0 Å². The summed E-state index contributed by atoms with van der Waals surface area (Å²) >= 11 is 0. The van der Waals surface area contributed by atoms with Gasteiger partial charge in [-0.15, -0.1) is 0 Å². The van der Waals surface area contributed by atoms with E-state index in [1.807, 2.05) is 18.2 Å². The highest BCUT2D eigenvalue weighted by Crippen LogP contribution is 2.31. The molecule has 0 unspecified atom stereocenters. The lowest BCUT2D eigenvalue weighted by Crippen LogP contribution is -2.32. The Morgan fingerprint density at radius 2 is 1.97 bits per heavy atom. The SMILES string of the molecule is CCOC(=O)CCc1ccc(OCc2ccc3c(c2)N(CCC(F)(F)F)CCC3)cc1F. The Hall–Kier alpha value is -2.77. The first-order valence-corrected chi connectivity index (χ1v) is 10.8. The molecule has 0 N–H and O–H groups in total. The van der Waals surface area contributed by atoms with Crippen LogP contribution < -0.4 is 9.64 Å². The average molecular weight is 453 g/mol. The number of fused-ring (bicyclic) bond motifs is 1. The lowest BCUT2D eigenvalue weighted by atomic mass is 9.99. The van der Waals surface area contributed by atoms with Gasteiger partial charge < -0.3 is 14.4 Å². The number of ether oxygens (including phenoxy) is 2. The van der Waals surface area contributed by atoms with Crippen molar-refractivity contribution in [1.82, 2.24) is 0 Å². The number of benzene rings is 2. The van der Waals surface area contributed by atoms with E-state index in [9.17, 15) is 22.4 Å². The van der Waals surface area contributed by atoms with Crippen LogP contribution in [0.3, 0.4) is 0 Å². The smallest absolute Gasteiger partial charge is 0.390 e. The van der Waals surface area contributed by atoms with Crippen molar-refractivity contribution in [2.45, 2.75) is 51.8 Å². The Labute approximate surface area is 185 Å². The lowest BCUT2D eigenvalue weighted by Gasteiger charge is -2.32. The molecule has 0 aliphatic carbocycles. The molecule has 0 aromatic heterocycles. The molecule has 174 valence electrons. The van der Waals surface area contributed by atoms with E-state index in [1.54, 1.807) is 24.0 Å². The molecule has 4 nitrogen and oxygen atoms in total. The minimum atomic E-state index is -4.19. The minimum Gasteiger partial charge on any atom is -0.489 e. The highest BCUT2D eigenvalue weighted by Gasteiger charge is 2.29. The molecule has 1 aliphatic rings. The van der Waals surface area contributed by atoms with E-state index in [-0.39, 0.29) is 38.6 Å². The van der Waals surface area contributed by atoms with Gasteiger partial charge in [0, 0.05) is 31.3 Å². The highest BCUT2D eigenvalue weighted by molar-refractivity contribution is 5.69. The first kappa shape index (κ1) is 23.9. The number of halogens is 4. The van der Waals surface area contributed by atoms with Gasteiger partial charge >= 0.3 is 12.1 Å². The van der Waals surface area contributed by atoms with Crippen molar-refractivity contribution >= 4 is 11.7 Å². The zero-order valence-electron chi connectivity index (χ0n) is 18.0. The summed E-state index contributed by atoms with van der Waals surface area (Å²) < 4.78 is 62.9. The van der Waals surface area contributed by atoms with Crippen LogP contribution >= 0.6 is 0 Å². The lowest BCUT2D eigenvalue weighted by molar-refractivity contribution is -0.143. The van der Waals surface area contributed by atoms with Gasteiger partial charge in [0.1, 0.15) is 18.2 Å². The van der Waals surface area contributed by atoms with Gasteiger partial charge in [-0.25, -0.2) is 4.39 Å². The van der Waals surface area contributed by atoms with E-state index >= 15 is 0 Å². The summed E-state index contributed by atoms with van der Waals surface area (Å²) in [5, 5.41) is 0. The van der Waals surface area contributed by atoms with Gasteiger partial charge in [-0.3, -0.25) is 4.79 Å². The van der Waals surface area contributed by atoms with Crippen molar-refractivity contribution in [1.29, 1.82) is 0 Å². The van der Waals surface area contributed by atoms with Crippen LogP contribution in [0.15, 0.2) is 36.4 Å². The number of esters is 1. The number of carbonyl (C=O) groups is 1. The topological polar surface area (TPSA) is 38.8 Å². The quantitative estimate of drug-likeness (QED) is 0.366. The van der Waals surface area contributed by atoms with Crippen molar-refractivity contribution < 1.29 is 31.8 Å². The third-order valence-electron chi connectivity index (χ3n) is 5.36. The summed E-state index contributed by atoms with van der Waals surface area (Å²) in [6.45, 7) is 2.69. The predicted molar refractivity (Wildman–Crippen MR) is 113 cm³/mol. The summed E-state index contributed by atoms with van der Waals surface area (Å²) in [6, 6.07) is 10.2. The first-order valence-electron chi connectivity index (χ1n) is 10.8. The fraction of sp³-hybridized carbons (Fsp3) is 0.458. The summed E-state index contributed by atoms with van der Waals surface area (Å²) in [6.07, 6.45) is -3.05. The molecule has 0 amide bonds. The molecule has 0 spiro atoms. The van der Waals surface area contributed by atoms with Gasteiger partial charge in [-0.05, 0) is 55.0 Å². The van der Waals surface area contributed by atoms with Gasteiger partial charge in [0.15, 0.2) is 0 Å². The van der Waals surface area contributed by atoms with Gasteiger partial charge in [0.25, 0.3) is 0 Å². The van der Waals surface area contributed by atoms with Gasteiger partial charge in [-0.2, -0.15) is 13.2 Å². The number of carbonyl (C=O) groups excluding carboxylic acids is 1. The standard InChI is InChI=1S/C24H27F4NO3/c1-2-31-23(30)10-8-18-7-9-20(15-21(18)25)32-16-17-5-6-19-4-3-12-29(22(19)14-17)13-11-24(26,27)28/h5-7,9,14-15H,2-4,8,10-13,16H2,1H3. The third-order valence-corrected chi connectivity index (χ3v) is 5.36. The fourth-order valence-corrected chi connectivity index (χ4v) is 3.74. The van der Waals surface area contributed by atoms with Gasteiger partial charge in [0.2, 0.25) is 0 Å². The number of hydrogen-bond donors (Lipinski definition) is 0. The number of hydrogen-bond acceptors (Lipinski definition) is 4. The van der Waals surface area contributed by atoms with Crippen molar-refractivity contribution in [3.8, 4) is 5.75 Å². The van der Waals surface area contributed by atoms with Gasteiger partial charge in [-0.1, -0.05) is 18.2 Å². The second-order valence-corrected chi connectivity index (χ2v) is 7.77. The predicted octanol–water partition coefficient (Wildman–Crippen LogP) is 5.61. The van der Waals surface area contributed by atoms with E-state index in [4.69, 9.17) is 9.47 Å². The minimum absolute atomic E-state index is 0.0702. The van der Waals surface area contributed by atoms with Crippen LogP contribution in [0.4, 0.5) is 23.2 Å². The average Bonchev–Trinajstić information content (AvgIpc) is 2.75. The monoisotopic (exact) mass is 453 g/mol. The second-order valence-electron chi connectivity index (χ2n) is 7.77. The van der Waals surface area contributed by atoms with Crippen LogP contribution in [0.25, 0.3) is 0 Å². The van der Waals surface area contributed by atoms with Crippen molar-refractivity contribution in [3.05, 3.63) is 58.9 Å². The number of aryl methyl sites for hydroxylation is 2. The molecule has 3 rings (SSSR count). The summed E-state index contributed by atoms with van der Waals surface area (Å²) in [7, 11) is 0. The highest BCUT2D eigenvalue weighted by atomic mass is 19.4. The maximum Gasteiger partial charge on any atom is 0.390 e. The summed E-state index contributed by atoms with van der Waals surface area (Å²) in [5.74, 6) is -0.492. The Morgan fingerprint density at radius 1 is 1.16 bits per heavy atom. The first-order chi connectivity index (χ1) is 15.2. The molecule has 0 fully saturated rings. The molecule has 8 heteroatoms. The second kappa shape index (κ2) is 10.7. The molecule has 2 aromatic rings. The summed E-state index contributed by atoms with van der Waals surface area (Å²) in [5.41, 5.74) is 3.04. The zero-order valence-corrected chi connectivity index (χ0v) is 18.0. The van der Waals surface area contributed by atoms with Gasteiger partial charge in [0.05, 0.1) is 13.0 Å². The fourth-order valence-electron chi connectivity index (χ4n) is 3.74. The molecule has 0 radical (unpaired) electrons. The van der Waals surface area contributed by atoms with E-state index < -0.39 is 18.4 Å². The number of nitrogens with zero attached hydrogens (tertiary/aromatic N) is 1. The molecule has 1 heterocycles. The van der Waals surface area contributed by atoms with Crippen molar-refractivity contribution in [3.63, 3.8) is 0 Å². The van der Waals surface area contributed by atoms with Crippen LogP contribution in [0, 0.1) is 5.82 Å².